The smallest absolute Gasteiger partial charge is 0.417 e. The molecule has 1 aliphatic rings. The monoisotopic (exact) mass is 522 g/mol. The molecule has 13 heteroatoms. The van der Waals surface area contributed by atoms with Crippen LogP contribution in [0.5, 0.6) is 0 Å². The highest BCUT2D eigenvalue weighted by Crippen LogP contribution is 2.35. The summed E-state index contributed by atoms with van der Waals surface area (Å²) >= 11 is 1.33. The van der Waals surface area contributed by atoms with Gasteiger partial charge in [-0.25, -0.2) is 9.78 Å². The van der Waals surface area contributed by atoms with Gasteiger partial charge in [-0.15, -0.1) is 10.2 Å². The third kappa shape index (κ3) is 6.07. The van der Waals surface area contributed by atoms with E-state index in [1.54, 1.807) is 27.0 Å². The number of thiazole rings is 1. The third-order valence-electron chi connectivity index (χ3n) is 5.49. The molecule has 36 heavy (non-hydrogen) atoms. The number of alkyl halides is 3. The molecule has 4 rings (SSSR count). The van der Waals surface area contributed by atoms with Crippen molar-refractivity contribution in [3.05, 3.63) is 41.6 Å². The molecule has 0 unspecified atom stereocenters. The number of piperidine rings is 1. The van der Waals surface area contributed by atoms with Gasteiger partial charge in [-0.2, -0.15) is 18.0 Å². The number of halogens is 3. The molecule has 0 amide bonds. The zero-order valence-electron chi connectivity index (χ0n) is 19.9. The van der Waals surface area contributed by atoms with E-state index in [0.717, 1.165) is 10.9 Å². The summed E-state index contributed by atoms with van der Waals surface area (Å²) in [6.07, 6.45) is -2.13. The van der Waals surface area contributed by atoms with E-state index in [1.165, 1.54) is 29.5 Å². The number of rotatable bonds is 6. The molecule has 0 atom stereocenters. The number of hydrogen-bond acceptors (Lipinski definition) is 9. The van der Waals surface area contributed by atoms with Crippen LogP contribution in [0, 0.1) is 5.92 Å². The van der Waals surface area contributed by atoms with E-state index in [2.05, 4.69) is 20.4 Å². The number of hydrogen-bond donors (Lipinski definition) is 0. The Hall–Kier alpha value is -3.35. The SMILES string of the molecule is CC(C)(C)OC(=O)Cn1nnc(-c2cnc(N3CCC(C(=O)c4ccccc4C(F)(F)F)CC3)s2)n1. The first-order chi connectivity index (χ1) is 16.9. The zero-order valence-corrected chi connectivity index (χ0v) is 20.8. The van der Waals surface area contributed by atoms with Gasteiger partial charge in [-0.1, -0.05) is 29.5 Å². The molecule has 0 spiro atoms. The van der Waals surface area contributed by atoms with Crippen LogP contribution in [-0.4, -0.2) is 55.6 Å². The number of nitrogens with zero attached hydrogens (tertiary/aromatic N) is 6. The van der Waals surface area contributed by atoms with Crippen LogP contribution in [0.1, 0.15) is 49.5 Å². The summed E-state index contributed by atoms with van der Waals surface area (Å²) in [7, 11) is 0. The lowest BCUT2D eigenvalue weighted by atomic mass is 9.87. The number of ether oxygens (including phenoxy) is 1. The Labute approximate surface area is 209 Å². The molecule has 0 N–H and O–H groups in total. The minimum absolute atomic E-state index is 0.172. The minimum atomic E-state index is -4.58. The predicted octanol–water partition coefficient (Wildman–Crippen LogP) is 4.26. The molecule has 9 nitrogen and oxygen atoms in total. The lowest BCUT2D eigenvalue weighted by Gasteiger charge is -2.31. The van der Waals surface area contributed by atoms with Gasteiger partial charge in [0.15, 0.2) is 17.5 Å². The van der Waals surface area contributed by atoms with E-state index >= 15 is 0 Å². The minimum Gasteiger partial charge on any atom is -0.459 e. The number of ketones is 1. The van der Waals surface area contributed by atoms with Gasteiger partial charge in [0.1, 0.15) is 5.60 Å². The van der Waals surface area contributed by atoms with E-state index in [-0.39, 0.29) is 12.1 Å². The number of carbonyl (C=O) groups excluding carboxylic acids is 2. The van der Waals surface area contributed by atoms with Crippen molar-refractivity contribution in [2.75, 3.05) is 18.0 Å². The van der Waals surface area contributed by atoms with Crippen molar-refractivity contribution in [2.45, 2.75) is 51.9 Å². The molecule has 1 fully saturated rings. The van der Waals surface area contributed by atoms with Crippen molar-refractivity contribution in [1.82, 2.24) is 25.2 Å². The third-order valence-corrected chi connectivity index (χ3v) is 6.55. The molecule has 1 saturated heterocycles. The topological polar surface area (TPSA) is 103 Å². The van der Waals surface area contributed by atoms with E-state index in [4.69, 9.17) is 4.74 Å². The first kappa shape index (κ1) is 25.7. The van der Waals surface area contributed by atoms with E-state index in [1.807, 2.05) is 4.90 Å². The predicted molar refractivity (Wildman–Crippen MR) is 125 cm³/mol. The molecule has 0 saturated carbocycles. The maximum atomic E-state index is 13.3. The van der Waals surface area contributed by atoms with Crippen LogP contribution >= 0.6 is 11.3 Å². The average Bonchev–Trinajstić information content (AvgIpc) is 3.47. The molecule has 0 bridgehead atoms. The maximum Gasteiger partial charge on any atom is 0.417 e. The average molecular weight is 523 g/mol. The van der Waals surface area contributed by atoms with Crippen LogP contribution in [-0.2, 0) is 22.3 Å². The fraction of sp³-hybridized carbons (Fsp3) is 0.478. The van der Waals surface area contributed by atoms with Gasteiger partial charge in [-0.3, -0.25) is 4.79 Å². The summed E-state index contributed by atoms with van der Waals surface area (Å²) in [5.74, 6) is -1.13. The second-order valence-electron chi connectivity index (χ2n) is 9.41. The van der Waals surface area contributed by atoms with Crippen LogP contribution in [0.25, 0.3) is 10.7 Å². The summed E-state index contributed by atoms with van der Waals surface area (Å²) in [6.45, 7) is 6.10. The Morgan fingerprint density at radius 1 is 1.14 bits per heavy atom. The Bertz CT molecular complexity index is 1240. The van der Waals surface area contributed by atoms with E-state index in [0.29, 0.717) is 41.8 Å². The van der Waals surface area contributed by atoms with Crippen LogP contribution in [0.2, 0.25) is 0 Å². The summed E-state index contributed by atoms with van der Waals surface area (Å²) in [6, 6.07) is 4.92. The fourth-order valence-corrected chi connectivity index (χ4v) is 4.80. The van der Waals surface area contributed by atoms with Gasteiger partial charge in [0.2, 0.25) is 5.82 Å². The first-order valence-electron chi connectivity index (χ1n) is 11.3. The van der Waals surface area contributed by atoms with E-state index in [9.17, 15) is 22.8 Å². The van der Waals surface area contributed by atoms with Crippen LogP contribution in [0.15, 0.2) is 30.5 Å². The number of benzene rings is 1. The quantitative estimate of drug-likeness (QED) is 0.350. The molecule has 0 aliphatic carbocycles. The first-order valence-corrected chi connectivity index (χ1v) is 12.1. The van der Waals surface area contributed by atoms with Gasteiger partial charge < -0.3 is 9.64 Å². The van der Waals surface area contributed by atoms with Crippen LogP contribution < -0.4 is 4.90 Å². The number of esters is 1. The van der Waals surface area contributed by atoms with Crippen molar-refractivity contribution >= 4 is 28.2 Å². The second kappa shape index (κ2) is 9.96. The molecule has 0 radical (unpaired) electrons. The lowest BCUT2D eigenvalue weighted by molar-refractivity contribution is -0.156. The van der Waals surface area contributed by atoms with Crippen molar-refractivity contribution in [2.24, 2.45) is 5.92 Å². The van der Waals surface area contributed by atoms with Gasteiger partial charge in [0, 0.05) is 24.6 Å². The largest absolute Gasteiger partial charge is 0.459 e. The van der Waals surface area contributed by atoms with Gasteiger partial charge in [-0.05, 0) is 44.9 Å². The number of tetrazole rings is 1. The molecule has 2 aromatic heterocycles. The van der Waals surface area contributed by atoms with Crippen molar-refractivity contribution in [3.8, 4) is 10.7 Å². The summed E-state index contributed by atoms with van der Waals surface area (Å²) in [4.78, 5) is 33.0. The van der Waals surface area contributed by atoms with Crippen LogP contribution in [0.4, 0.5) is 18.3 Å². The summed E-state index contributed by atoms with van der Waals surface area (Å²) in [5, 5.41) is 12.8. The van der Waals surface area contributed by atoms with Crippen molar-refractivity contribution in [3.63, 3.8) is 0 Å². The number of carbonyl (C=O) groups is 2. The van der Waals surface area contributed by atoms with Crippen LogP contribution in [0.3, 0.4) is 0 Å². The van der Waals surface area contributed by atoms with Crippen molar-refractivity contribution < 1.29 is 27.5 Å². The molecule has 1 aliphatic heterocycles. The fourth-order valence-electron chi connectivity index (χ4n) is 3.91. The number of anilines is 1. The highest BCUT2D eigenvalue weighted by molar-refractivity contribution is 7.18. The Balaban J connectivity index is 1.37. The summed E-state index contributed by atoms with van der Waals surface area (Å²) in [5.41, 5.74) is -1.79. The maximum absolute atomic E-state index is 13.3. The molecule has 3 heterocycles. The molecular weight excluding hydrogens is 497 g/mol. The van der Waals surface area contributed by atoms with Gasteiger partial charge >= 0.3 is 12.1 Å². The van der Waals surface area contributed by atoms with E-state index < -0.39 is 35.0 Å². The van der Waals surface area contributed by atoms with Gasteiger partial charge in [0.05, 0.1) is 16.6 Å². The molecule has 1 aromatic carbocycles. The molecule has 3 aromatic rings. The van der Waals surface area contributed by atoms with Gasteiger partial charge in [0.25, 0.3) is 0 Å². The highest BCUT2D eigenvalue weighted by atomic mass is 32.1. The Kier molecular flexibility index (Phi) is 7.12. The summed E-state index contributed by atoms with van der Waals surface area (Å²) < 4.78 is 45.2. The lowest BCUT2D eigenvalue weighted by Crippen LogP contribution is -2.36. The number of aromatic nitrogens is 5. The normalized spacial score (nSPS) is 15.2. The standard InChI is InChI=1S/C23H25F3N6O3S/c1-22(2,3)35-18(33)13-32-29-20(28-30-32)17-12-27-21(36-17)31-10-8-14(9-11-31)19(34)15-6-4-5-7-16(15)23(24,25)26/h4-7,12,14H,8-11,13H2,1-3H3. The highest BCUT2D eigenvalue weighted by Gasteiger charge is 2.37. The number of Topliss-reactive ketones (excluding diaryl/α,β-unsaturated/α-hetero) is 1. The zero-order chi connectivity index (χ0) is 26.1. The Morgan fingerprint density at radius 3 is 2.50 bits per heavy atom. The molecular formula is C23H25F3N6O3S. The second-order valence-corrected chi connectivity index (χ2v) is 10.4. The van der Waals surface area contributed by atoms with Crippen molar-refractivity contribution in [1.29, 1.82) is 0 Å². The Morgan fingerprint density at radius 2 is 1.83 bits per heavy atom. The molecule has 192 valence electrons.